The summed E-state index contributed by atoms with van der Waals surface area (Å²) in [5, 5.41) is 5.04. The third-order valence-corrected chi connectivity index (χ3v) is 26.5. The third-order valence-electron chi connectivity index (χ3n) is 24.1. The average Bonchev–Trinajstić information content (AvgIpc) is 1.57. The smallest absolute Gasteiger partial charge is 0.164 e. The number of rotatable bonds is 13. The normalized spacial score (nSPS) is 13.0. The Morgan fingerprint density at radius 2 is 0.466 bits per heavy atom. The van der Waals surface area contributed by atoms with Gasteiger partial charge in [0.1, 0.15) is 0 Å². The van der Waals surface area contributed by atoms with Gasteiger partial charge in [-0.3, -0.25) is 0 Å². The van der Waals surface area contributed by atoms with Gasteiger partial charge in [-0.2, -0.15) is 0 Å². The molecule has 116 heavy (non-hydrogen) atoms. The lowest BCUT2D eigenvalue weighted by Gasteiger charge is -2.21. The highest BCUT2D eigenvalue weighted by atomic mass is 32.1. The maximum atomic E-state index is 5.44. The molecule has 0 bridgehead atoms. The summed E-state index contributed by atoms with van der Waals surface area (Å²) in [5.74, 6) is 3.76. The van der Waals surface area contributed by atoms with Crippen molar-refractivity contribution in [2.24, 2.45) is 0 Å². The summed E-state index contributed by atoms with van der Waals surface area (Å²) in [7, 11) is 0. The lowest BCUT2D eigenvalue weighted by Crippen LogP contribution is -2.14. The Balaban J connectivity index is 0.570. The molecule has 0 N–H and O–H groups in total. The first-order chi connectivity index (χ1) is 56.9. The van der Waals surface area contributed by atoms with Crippen LogP contribution in [0.15, 0.2) is 364 Å². The van der Waals surface area contributed by atoms with Crippen molar-refractivity contribution in [2.75, 3.05) is 0 Å². The van der Waals surface area contributed by atoms with Crippen molar-refractivity contribution in [2.45, 2.75) is 38.5 Å². The second kappa shape index (κ2) is 27.4. The molecule has 0 radical (unpaired) electrons. The highest BCUT2D eigenvalue weighted by Gasteiger charge is 2.39. The molecule has 0 atom stereocenters. The van der Waals surface area contributed by atoms with E-state index < -0.39 is 0 Å². The summed E-state index contributed by atoms with van der Waals surface area (Å²) in [4.78, 5) is 32.4. The molecule has 4 aromatic heterocycles. The molecule has 0 saturated heterocycles. The molecule has 0 aliphatic heterocycles. The standard InChI is InChI=1S/C108H72N6S2/c1-107(2)91-41-11-8-33-86(91)97-88(39-20-43-93(97)107)105-111-101(109-103(113-105)79-30-16-24-72(62-79)67-48-46-66(47-49-67)65-22-6-5-7-23-65)71-56-52-69(53-57-71)82-36-19-38-85-90-64-78(58-59-96(90)116-100(82)85)76-28-15-26-74(61-76)73-25-14-27-75(60-73)77-29-17-31-80(63-77)104-110-102(112-106(114-104)89-40-21-44-94-98(89)87-34-9-12-42-92(87)108(94,3)4)70-54-50-68(51-55-70)81-35-18-37-84-83-32-10-13-45-95(83)115-99(81)84/h5-64H,1-4H3. The van der Waals surface area contributed by atoms with Gasteiger partial charge in [-0.1, -0.05) is 349 Å². The van der Waals surface area contributed by atoms with Gasteiger partial charge in [0.2, 0.25) is 0 Å². The summed E-state index contributed by atoms with van der Waals surface area (Å²) < 4.78 is 5.07. The van der Waals surface area contributed by atoms with Gasteiger partial charge in [0.15, 0.2) is 34.9 Å². The first kappa shape index (κ1) is 68.8. The van der Waals surface area contributed by atoms with Crippen molar-refractivity contribution in [3.8, 4) is 168 Å². The second-order valence-electron chi connectivity index (χ2n) is 31.6. The molecule has 0 fully saturated rings. The Bertz CT molecular complexity index is 7380. The van der Waals surface area contributed by atoms with Gasteiger partial charge in [-0.25, -0.2) is 29.9 Å². The fraction of sp³-hybridized carbons (Fsp3) is 0.0556. The molecule has 0 unspecified atom stereocenters. The van der Waals surface area contributed by atoms with Crippen LogP contribution in [0, 0.1) is 0 Å². The van der Waals surface area contributed by atoms with E-state index in [1.54, 1.807) is 0 Å². The Morgan fingerprint density at radius 1 is 0.181 bits per heavy atom. The molecule has 4 heterocycles. The third kappa shape index (κ3) is 11.6. The summed E-state index contributed by atoms with van der Waals surface area (Å²) in [6.45, 7) is 9.27. The van der Waals surface area contributed by atoms with E-state index >= 15 is 0 Å². The zero-order valence-corrected chi connectivity index (χ0v) is 65.8. The highest BCUT2D eigenvalue weighted by molar-refractivity contribution is 7.26. The summed E-state index contributed by atoms with van der Waals surface area (Å²) >= 11 is 3.70. The van der Waals surface area contributed by atoms with Crippen molar-refractivity contribution in [3.63, 3.8) is 0 Å². The number of fused-ring (bicyclic) bond motifs is 12. The molecule has 2 aliphatic carbocycles. The van der Waals surface area contributed by atoms with Crippen molar-refractivity contribution in [1.29, 1.82) is 0 Å². The Kier molecular flexibility index (Phi) is 16.2. The minimum Gasteiger partial charge on any atom is -0.208 e. The van der Waals surface area contributed by atoms with Crippen LogP contribution in [0.2, 0.25) is 0 Å². The zero-order valence-electron chi connectivity index (χ0n) is 64.1. The number of hydrogen-bond donors (Lipinski definition) is 0. The molecule has 6 nitrogen and oxygen atoms in total. The highest BCUT2D eigenvalue weighted by Crippen LogP contribution is 2.54. The Morgan fingerprint density at radius 3 is 0.957 bits per heavy atom. The van der Waals surface area contributed by atoms with Gasteiger partial charge >= 0.3 is 0 Å². The topological polar surface area (TPSA) is 77.3 Å². The first-order valence-electron chi connectivity index (χ1n) is 39.6. The fourth-order valence-corrected chi connectivity index (χ4v) is 20.5. The van der Waals surface area contributed by atoms with Crippen LogP contribution in [-0.4, -0.2) is 29.9 Å². The molecule has 546 valence electrons. The zero-order chi connectivity index (χ0) is 77.3. The summed E-state index contributed by atoms with van der Waals surface area (Å²) in [5.41, 5.74) is 31.2. The van der Waals surface area contributed by atoms with Gasteiger partial charge in [0.25, 0.3) is 0 Å². The van der Waals surface area contributed by atoms with Crippen LogP contribution >= 0.6 is 22.7 Å². The maximum Gasteiger partial charge on any atom is 0.164 e. The van der Waals surface area contributed by atoms with E-state index in [-0.39, 0.29) is 10.8 Å². The average molecular weight is 1520 g/mol. The van der Waals surface area contributed by atoms with Crippen LogP contribution in [0.4, 0.5) is 0 Å². The SMILES string of the molecule is CC1(C)c2ccccc2-c2c(-c3nc(-c4ccc(-c5cccc6c5sc5ccc(-c7cccc(-c8cccc(-c9cccc(-c%10nc(-c%11ccc(-c%12cccc%13c%12sc%12ccccc%12%13)cc%11)nc(-c%11cccc%12c%11-c%11ccccc%11C%12(C)C)n%10)c9)c8)c7)cc56)cc4)nc(-c4cccc(-c5ccc(-c6ccccc6)cc5)c4)n3)cccc21. The number of thiophene rings is 2. The van der Waals surface area contributed by atoms with Gasteiger partial charge in [0, 0.05) is 84.6 Å². The van der Waals surface area contributed by atoms with Crippen LogP contribution in [0.25, 0.3) is 209 Å². The summed E-state index contributed by atoms with van der Waals surface area (Å²) in [6.07, 6.45) is 0. The molecule has 0 saturated carbocycles. The monoisotopic (exact) mass is 1520 g/mol. The molecule has 0 spiro atoms. The van der Waals surface area contributed by atoms with E-state index in [4.69, 9.17) is 29.9 Å². The van der Waals surface area contributed by atoms with Gasteiger partial charge in [-0.05, 0) is 165 Å². The Labute approximate surface area is 681 Å². The predicted molar refractivity (Wildman–Crippen MR) is 485 cm³/mol. The van der Waals surface area contributed by atoms with E-state index in [0.717, 1.165) is 89.0 Å². The van der Waals surface area contributed by atoms with Crippen molar-refractivity contribution >= 4 is 63.0 Å². The molecule has 20 aromatic rings. The maximum absolute atomic E-state index is 5.44. The second-order valence-corrected chi connectivity index (χ2v) is 33.7. The number of hydrogen-bond acceptors (Lipinski definition) is 8. The lowest BCUT2D eigenvalue weighted by molar-refractivity contribution is 0.660. The van der Waals surface area contributed by atoms with Gasteiger partial charge in [-0.15, -0.1) is 22.7 Å². The van der Waals surface area contributed by atoms with Gasteiger partial charge in [0.05, 0.1) is 0 Å². The van der Waals surface area contributed by atoms with Crippen LogP contribution in [0.3, 0.4) is 0 Å². The van der Waals surface area contributed by atoms with E-state index in [9.17, 15) is 0 Å². The van der Waals surface area contributed by atoms with Crippen molar-refractivity contribution < 1.29 is 0 Å². The molecule has 22 rings (SSSR count). The fourth-order valence-electron chi connectivity index (χ4n) is 18.1. The molecule has 16 aromatic carbocycles. The summed E-state index contributed by atoms with van der Waals surface area (Å²) in [6, 6.07) is 132. The van der Waals surface area contributed by atoms with Crippen LogP contribution in [-0.2, 0) is 10.8 Å². The quantitative estimate of drug-likeness (QED) is 0.114. The van der Waals surface area contributed by atoms with E-state index in [1.165, 1.54) is 107 Å². The van der Waals surface area contributed by atoms with E-state index in [2.05, 4.69) is 392 Å². The minimum absolute atomic E-state index is 0.189. The van der Waals surface area contributed by atoms with Crippen molar-refractivity contribution in [3.05, 3.63) is 386 Å². The molecule has 2 aliphatic rings. The van der Waals surface area contributed by atoms with E-state index in [1.807, 2.05) is 22.7 Å². The van der Waals surface area contributed by atoms with Gasteiger partial charge < -0.3 is 0 Å². The lowest BCUT2D eigenvalue weighted by atomic mass is 9.82. The van der Waals surface area contributed by atoms with E-state index in [0.29, 0.717) is 34.9 Å². The largest absolute Gasteiger partial charge is 0.208 e. The van der Waals surface area contributed by atoms with Crippen molar-refractivity contribution in [1.82, 2.24) is 29.9 Å². The van der Waals surface area contributed by atoms with Crippen LogP contribution < -0.4 is 0 Å². The first-order valence-corrected chi connectivity index (χ1v) is 41.2. The number of nitrogens with zero attached hydrogens (tertiary/aromatic N) is 6. The molecule has 8 heteroatoms. The number of benzene rings is 16. The number of aromatic nitrogens is 6. The molecular formula is C108H72N6S2. The Hall–Kier alpha value is -14.0. The predicted octanol–water partition coefficient (Wildman–Crippen LogP) is 29.1. The van der Waals surface area contributed by atoms with Crippen LogP contribution in [0.1, 0.15) is 49.9 Å². The molecular weight excluding hydrogens is 1450 g/mol. The van der Waals surface area contributed by atoms with Crippen LogP contribution in [0.5, 0.6) is 0 Å². The minimum atomic E-state index is -0.193. The molecule has 0 amide bonds.